The van der Waals surface area contributed by atoms with Crippen molar-refractivity contribution in [2.75, 3.05) is 44.1 Å². The van der Waals surface area contributed by atoms with Crippen LogP contribution in [0.5, 0.6) is 5.75 Å². The third-order valence-electron chi connectivity index (χ3n) is 9.03. The number of carbonyl (C=O) groups is 2. The highest BCUT2D eigenvalue weighted by Gasteiger charge is 2.44. The van der Waals surface area contributed by atoms with E-state index in [1.807, 2.05) is 0 Å². The summed E-state index contributed by atoms with van der Waals surface area (Å²) in [5.41, 5.74) is 4.54. The summed E-state index contributed by atoms with van der Waals surface area (Å²) in [5, 5.41) is 5.10. The van der Waals surface area contributed by atoms with Gasteiger partial charge in [0.15, 0.2) is 5.83 Å². The molecule has 2 aromatic carbocycles. The minimum absolute atomic E-state index is 0.0555. The van der Waals surface area contributed by atoms with Crippen LogP contribution in [0.2, 0.25) is 0 Å². The molecule has 2 aromatic rings. The van der Waals surface area contributed by atoms with Crippen LogP contribution in [0.3, 0.4) is 0 Å². The number of sulfonamides is 1. The summed E-state index contributed by atoms with van der Waals surface area (Å²) in [7, 11) is -2.37. The van der Waals surface area contributed by atoms with Crippen molar-refractivity contribution < 1.29 is 36.6 Å². The first-order valence-corrected chi connectivity index (χ1v) is 16.8. The topological polar surface area (TPSA) is 125 Å². The Kier molecular flexibility index (Phi) is 9.48. The quantitative estimate of drug-likeness (QED) is 0.320. The predicted molar refractivity (Wildman–Crippen MR) is 165 cm³/mol. The zero-order valence-electron chi connectivity index (χ0n) is 25.5. The van der Waals surface area contributed by atoms with E-state index in [0.29, 0.717) is 44.0 Å². The number of esters is 1. The largest absolute Gasteiger partial charge is 0.490 e. The van der Waals surface area contributed by atoms with Crippen LogP contribution in [0.1, 0.15) is 59.7 Å². The molecule has 4 atom stereocenters. The van der Waals surface area contributed by atoms with Crippen molar-refractivity contribution in [3.05, 3.63) is 70.6 Å². The van der Waals surface area contributed by atoms with Crippen LogP contribution in [-0.4, -0.2) is 65.4 Å². The zero-order chi connectivity index (χ0) is 31.6. The number of aryl methyl sites for hydroxylation is 2. The molecular formula is C33H41FN2O7S. The lowest BCUT2D eigenvalue weighted by molar-refractivity contribution is -0.127. The molecule has 0 bridgehead atoms. The fraction of sp³-hybridized carbons (Fsp3) is 0.515. The predicted octanol–water partition coefficient (Wildman–Crippen LogP) is 4.40. The average Bonchev–Trinajstić information content (AvgIpc) is 3.38. The number of rotatable bonds is 9. The highest BCUT2D eigenvalue weighted by Crippen LogP contribution is 2.45. The standard InChI is InChI=1S/C33H41FN2O7S/c1-21-6-9-26-23(15-21)5-4-13-33(26)19-36(28-16-24(32(38)41-3)8-11-29(28)43-20-33)17-25-12-14-42-31(25)30(37)27(34)10-7-22(2)18-44(35,39)40/h6,8-11,15-16,22,25,31H,4-5,7,12-14,17-20H2,1-3H3,(H2,35,39,40)/b27-10-/t22-,25-,31+,33-/m0/s1. The average molecular weight is 629 g/mol. The van der Waals surface area contributed by atoms with E-state index in [0.717, 1.165) is 31.0 Å². The Morgan fingerprint density at radius 3 is 2.80 bits per heavy atom. The van der Waals surface area contributed by atoms with E-state index >= 15 is 4.39 Å². The van der Waals surface area contributed by atoms with Crippen LogP contribution in [0.4, 0.5) is 10.1 Å². The molecule has 2 heterocycles. The van der Waals surface area contributed by atoms with Gasteiger partial charge < -0.3 is 19.1 Å². The number of halogens is 1. The first kappa shape index (κ1) is 32.1. The van der Waals surface area contributed by atoms with E-state index in [1.54, 1.807) is 25.1 Å². The summed E-state index contributed by atoms with van der Waals surface area (Å²) >= 11 is 0. The Morgan fingerprint density at radius 2 is 2.05 bits per heavy atom. The summed E-state index contributed by atoms with van der Waals surface area (Å²) in [6, 6.07) is 11.8. The molecule has 5 rings (SSSR count). The molecule has 3 aliphatic rings. The van der Waals surface area contributed by atoms with Crippen molar-refractivity contribution in [2.45, 2.75) is 57.5 Å². The van der Waals surface area contributed by atoms with Gasteiger partial charge in [0.05, 0.1) is 30.7 Å². The van der Waals surface area contributed by atoms with E-state index in [-0.39, 0.29) is 23.5 Å². The molecule has 0 radical (unpaired) electrons. The molecule has 238 valence electrons. The maximum Gasteiger partial charge on any atom is 0.337 e. The third kappa shape index (κ3) is 7.00. The van der Waals surface area contributed by atoms with Crippen LogP contribution < -0.4 is 14.8 Å². The third-order valence-corrected chi connectivity index (χ3v) is 10.1. The van der Waals surface area contributed by atoms with Gasteiger partial charge in [0.2, 0.25) is 15.8 Å². The number of hydrogen-bond acceptors (Lipinski definition) is 8. The lowest BCUT2D eigenvalue weighted by Gasteiger charge is -2.41. The van der Waals surface area contributed by atoms with Crippen molar-refractivity contribution in [3.8, 4) is 5.75 Å². The highest BCUT2D eigenvalue weighted by molar-refractivity contribution is 7.89. The highest BCUT2D eigenvalue weighted by atomic mass is 32.2. The van der Waals surface area contributed by atoms with Gasteiger partial charge in [-0.3, -0.25) is 4.79 Å². The molecule has 0 unspecified atom stereocenters. The fourth-order valence-electron chi connectivity index (χ4n) is 6.92. The minimum atomic E-state index is -3.71. The minimum Gasteiger partial charge on any atom is -0.490 e. The van der Waals surface area contributed by atoms with Gasteiger partial charge in [0.25, 0.3) is 0 Å². The van der Waals surface area contributed by atoms with Crippen LogP contribution >= 0.6 is 0 Å². The van der Waals surface area contributed by atoms with Crippen molar-refractivity contribution in [2.24, 2.45) is 17.0 Å². The van der Waals surface area contributed by atoms with E-state index in [2.05, 4.69) is 30.0 Å². The van der Waals surface area contributed by atoms with Gasteiger partial charge in [-0.1, -0.05) is 30.7 Å². The van der Waals surface area contributed by atoms with Gasteiger partial charge in [0.1, 0.15) is 11.9 Å². The van der Waals surface area contributed by atoms with E-state index < -0.39 is 39.6 Å². The number of hydrogen-bond donors (Lipinski definition) is 1. The number of methoxy groups -OCH3 is 1. The molecule has 1 aliphatic carbocycles. The molecule has 0 amide bonds. The van der Waals surface area contributed by atoms with Crippen LogP contribution in [0.25, 0.3) is 0 Å². The second-order valence-corrected chi connectivity index (χ2v) is 14.2. The van der Waals surface area contributed by atoms with Crippen molar-refractivity contribution in [1.82, 2.24) is 0 Å². The molecule has 9 nitrogen and oxygen atoms in total. The summed E-state index contributed by atoms with van der Waals surface area (Å²) in [5.74, 6) is -2.60. The van der Waals surface area contributed by atoms with E-state index in [9.17, 15) is 18.0 Å². The molecule has 1 fully saturated rings. The molecule has 0 saturated carbocycles. The number of primary sulfonamides is 1. The smallest absolute Gasteiger partial charge is 0.337 e. The maximum absolute atomic E-state index is 15.1. The number of benzene rings is 2. The monoisotopic (exact) mass is 628 g/mol. The zero-order valence-corrected chi connectivity index (χ0v) is 26.3. The van der Waals surface area contributed by atoms with Gasteiger partial charge in [-0.05, 0) is 80.3 Å². The SMILES string of the molecule is COC(=O)c1ccc2c(c1)N(C[C@@H]1CCO[C@H]1C(=O)/C(F)=C/C[C@H](C)CS(N)(=O)=O)C[C@@]1(CCCc3cc(C)ccc31)CO2. The van der Waals surface area contributed by atoms with Crippen LogP contribution in [-0.2, 0) is 36.1 Å². The van der Waals surface area contributed by atoms with Crippen molar-refractivity contribution in [3.63, 3.8) is 0 Å². The number of fused-ring (bicyclic) bond motifs is 3. The normalized spacial score (nSPS) is 24.2. The summed E-state index contributed by atoms with van der Waals surface area (Å²) in [6.07, 6.45) is 3.66. The molecule has 44 heavy (non-hydrogen) atoms. The molecule has 0 aromatic heterocycles. The number of nitrogens with zero attached hydrogens (tertiary/aromatic N) is 1. The van der Waals surface area contributed by atoms with Crippen molar-refractivity contribution in [1.29, 1.82) is 0 Å². The Hall–Kier alpha value is -3.28. The molecule has 1 spiro atoms. The number of ketones is 1. The lowest BCUT2D eigenvalue weighted by atomic mass is 9.69. The Labute approximate surface area is 258 Å². The Balaban J connectivity index is 1.45. The number of anilines is 1. The number of carbonyl (C=O) groups excluding carboxylic acids is 2. The molecule has 2 N–H and O–H groups in total. The summed E-state index contributed by atoms with van der Waals surface area (Å²) in [6.45, 7) is 5.46. The van der Waals surface area contributed by atoms with Gasteiger partial charge in [-0.25, -0.2) is 22.7 Å². The van der Waals surface area contributed by atoms with Gasteiger partial charge in [-0.15, -0.1) is 0 Å². The van der Waals surface area contributed by atoms with E-state index in [1.165, 1.54) is 23.8 Å². The van der Waals surface area contributed by atoms with Gasteiger partial charge in [0, 0.05) is 31.0 Å². The first-order chi connectivity index (χ1) is 20.9. The van der Waals surface area contributed by atoms with Gasteiger partial charge >= 0.3 is 5.97 Å². The summed E-state index contributed by atoms with van der Waals surface area (Å²) < 4.78 is 55.2. The lowest BCUT2D eigenvalue weighted by Crippen LogP contribution is -2.48. The number of Topliss-reactive ketones (excluding diaryl/α,β-unsaturated/α-hetero) is 1. The number of allylic oxidation sites excluding steroid dienone is 1. The molecule has 11 heteroatoms. The first-order valence-electron chi connectivity index (χ1n) is 15.1. The van der Waals surface area contributed by atoms with Crippen molar-refractivity contribution >= 4 is 27.5 Å². The molecular weight excluding hydrogens is 587 g/mol. The van der Waals surface area contributed by atoms with Crippen LogP contribution in [0.15, 0.2) is 48.3 Å². The number of nitrogens with two attached hydrogens (primary N) is 1. The van der Waals surface area contributed by atoms with E-state index in [4.69, 9.17) is 19.3 Å². The Bertz CT molecular complexity index is 1560. The maximum atomic E-state index is 15.1. The van der Waals surface area contributed by atoms with Gasteiger partial charge in [-0.2, -0.15) is 0 Å². The molecule has 2 aliphatic heterocycles. The number of ether oxygens (including phenoxy) is 3. The summed E-state index contributed by atoms with van der Waals surface area (Å²) in [4.78, 5) is 27.9. The van der Waals surface area contributed by atoms with Crippen LogP contribution in [0, 0.1) is 18.8 Å². The second-order valence-electron chi connectivity index (χ2n) is 12.6. The molecule has 1 saturated heterocycles. The fourth-order valence-corrected chi connectivity index (χ4v) is 7.85. The second kappa shape index (κ2) is 13.0. The Morgan fingerprint density at radius 1 is 1.25 bits per heavy atom.